The molecule has 204 valence electrons. The summed E-state index contributed by atoms with van der Waals surface area (Å²) in [5, 5.41) is 21.3. The first-order valence-electron chi connectivity index (χ1n) is 11.7. The van der Waals surface area contributed by atoms with Crippen molar-refractivity contribution < 1.29 is 37.0 Å². The van der Waals surface area contributed by atoms with E-state index in [9.17, 15) is 37.4 Å². The zero-order valence-corrected chi connectivity index (χ0v) is 21.2. The number of amides is 1. The molecular weight excluding hydrogens is 542 g/mol. The average molecular weight is 564 g/mol. The van der Waals surface area contributed by atoms with Gasteiger partial charge in [0.25, 0.3) is 0 Å². The number of carbonyl (C=O) groups excluding carboxylic acids is 1. The monoisotopic (exact) mass is 563 g/mol. The molecule has 6 nitrogen and oxygen atoms in total. The predicted octanol–water partition coefficient (Wildman–Crippen LogP) is 6.00. The Kier molecular flexibility index (Phi) is 8.10. The summed E-state index contributed by atoms with van der Waals surface area (Å²) >= 11 is 6.35. The maximum Gasteiger partial charge on any atom is 0.418 e. The summed E-state index contributed by atoms with van der Waals surface area (Å²) in [7, 11) is 0. The van der Waals surface area contributed by atoms with Crippen molar-refractivity contribution >= 4 is 34.2 Å². The third kappa shape index (κ3) is 6.47. The maximum atomic E-state index is 13.5. The van der Waals surface area contributed by atoms with E-state index in [0.717, 1.165) is 12.1 Å². The van der Waals surface area contributed by atoms with Crippen LogP contribution in [-0.4, -0.2) is 22.4 Å². The number of aryl methyl sites for hydroxylation is 2. The summed E-state index contributed by atoms with van der Waals surface area (Å²) in [4.78, 5) is 26.1. The quantitative estimate of drug-likeness (QED) is 0.145. The first-order valence-corrected chi connectivity index (χ1v) is 12.1. The highest BCUT2D eigenvalue weighted by molar-refractivity contribution is 6.32. The summed E-state index contributed by atoms with van der Waals surface area (Å²) in [6, 6.07) is 11.8. The lowest BCUT2D eigenvalue weighted by Gasteiger charge is -2.16. The number of aliphatic hydroxyl groups is 2. The largest absolute Gasteiger partial charge is 0.422 e. The fourth-order valence-electron chi connectivity index (χ4n) is 4.24. The van der Waals surface area contributed by atoms with Gasteiger partial charge < -0.3 is 19.9 Å². The molecule has 0 saturated carbocycles. The Labute approximate surface area is 224 Å². The number of rotatable bonds is 7. The molecule has 0 aliphatic rings. The van der Waals surface area contributed by atoms with E-state index in [-0.39, 0.29) is 23.6 Å². The first kappa shape index (κ1) is 28.3. The number of hydrogen-bond donors (Lipinski definition) is 3. The number of nitrogens with one attached hydrogen (secondary N) is 1. The van der Waals surface area contributed by atoms with Crippen molar-refractivity contribution in [3.05, 3.63) is 98.1 Å². The van der Waals surface area contributed by atoms with E-state index >= 15 is 0 Å². The van der Waals surface area contributed by atoms with Crippen LogP contribution in [0.15, 0.2) is 63.8 Å². The first-order chi connectivity index (χ1) is 18.3. The molecule has 0 unspecified atom stereocenters. The van der Waals surface area contributed by atoms with Gasteiger partial charge in [0.05, 0.1) is 23.2 Å². The van der Waals surface area contributed by atoms with Gasteiger partial charge in [0.1, 0.15) is 11.4 Å². The van der Waals surface area contributed by atoms with E-state index in [0.29, 0.717) is 39.1 Å². The van der Waals surface area contributed by atoms with Gasteiger partial charge in [0.15, 0.2) is 6.29 Å². The molecular formula is C28H22ClF4NO5. The van der Waals surface area contributed by atoms with Gasteiger partial charge in [-0.15, -0.1) is 0 Å². The second-order valence-corrected chi connectivity index (χ2v) is 9.38. The molecule has 1 heterocycles. The van der Waals surface area contributed by atoms with Crippen molar-refractivity contribution in [2.45, 2.75) is 38.7 Å². The van der Waals surface area contributed by atoms with E-state index in [4.69, 9.17) is 16.0 Å². The maximum absolute atomic E-state index is 13.5. The van der Waals surface area contributed by atoms with Crippen LogP contribution in [0.2, 0.25) is 5.02 Å². The predicted molar refractivity (Wildman–Crippen MR) is 138 cm³/mol. The Hall–Kier alpha value is -3.73. The summed E-state index contributed by atoms with van der Waals surface area (Å²) < 4.78 is 59.2. The fraction of sp³-hybridized carbons (Fsp3) is 0.214. The minimum atomic E-state index is -4.94. The van der Waals surface area contributed by atoms with Crippen molar-refractivity contribution in [1.29, 1.82) is 0 Å². The fourth-order valence-corrected chi connectivity index (χ4v) is 4.41. The minimum Gasteiger partial charge on any atom is -0.422 e. The Morgan fingerprint density at radius 3 is 2.54 bits per heavy atom. The topological polar surface area (TPSA) is 99.8 Å². The third-order valence-electron chi connectivity index (χ3n) is 6.09. The molecule has 0 spiro atoms. The number of fused-ring (bicyclic) bond motifs is 1. The number of anilines is 1. The Morgan fingerprint density at radius 2 is 1.85 bits per heavy atom. The standard InChI is InChI=1S/C28H22ClF4NO5/c1-14-9-23-18(12-21(14)29)26(16-4-2-3-15(10-16)5-8-25(36)37)19(27(38)39-23)13-24(35)34-22-7-6-17(30)11-20(22)28(31,32)33/h2-4,6-7,9-12,25,36-37H,5,8,13H2,1H3,(H,34,35). The summed E-state index contributed by atoms with van der Waals surface area (Å²) in [5.74, 6) is -2.09. The van der Waals surface area contributed by atoms with E-state index in [1.165, 1.54) is 0 Å². The van der Waals surface area contributed by atoms with Crippen LogP contribution in [0.5, 0.6) is 0 Å². The Bertz CT molecular complexity index is 1610. The van der Waals surface area contributed by atoms with E-state index in [1.807, 2.05) is 0 Å². The molecule has 4 aromatic rings. The van der Waals surface area contributed by atoms with Gasteiger partial charge in [-0.1, -0.05) is 35.9 Å². The van der Waals surface area contributed by atoms with Gasteiger partial charge in [0.2, 0.25) is 5.91 Å². The molecule has 0 aliphatic heterocycles. The number of carbonyl (C=O) groups is 1. The zero-order valence-electron chi connectivity index (χ0n) is 20.4. The molecule has 1 amide bonds. The molecule has 0 aliphatic carbocycles. The highest BCUT2D eigenvalue weighted by Crippen LogP contribution is 2.37. The van der Waals surface area contributed by atoms with Crippen LogP contribution in [0.25, 0.3) is 22.1 Å². The molecule has 3 aromatic carbocycles. The Balaban J connectivity index is 1.82. The van der Waals surface area contributed by atoms with Crippen LogP contribution in [0.4, 0.5) is 23.2 Å². The van der Waals surface area contributed by atoms with Crippen molar-refractivity contribution in [1.82, 2.24) is 0 Å². The van der Waals surface area contributed by atoms with Crippen LogP contribution in [-0.2, 0) is 23.8 Å². The van der Waals surface area contributed by atoms with Crippen molar-refractivity contribution in [2.24, 2.45) is 0 Å². The second-order valence-electron chi connectivity index (χ2n) is 8.97. The van der Waals surface area contributed by atoms with Gasteiger partial charge in [-0.3, -0.25) is 4.79 Å². The number of alkyl halides is 3. The summed E-state index contributed by atoms with van der Waals surface area (Å²) in [6.07, 6.45) is -6.76. The molecule has 0 saturated heterocycles. The molecule has 3 N–H and O–H groups in total. The average Bonchev–Trinajstić information content (AvgIpc) is 2.85. The van der Waals surface area contributed by atoms with E-state index in [2.05, 4.69) is 5.32 Å². The van der Waals surface area contributed by atoms with Gasteiger partial charge in [0, 0.05) is 22.4 Å². The van der Waals surface area contributed by atoms with E-state index in [1.54, 1.807) is 43.3 Å². The van der Waals surface area contributed by atoms with Crippen LogP contribution >= 0.6 is 11.6 Å². The molecule has 39 heavy (non-hydrogen) atoms. The van der Waals surface area contributed by atoms with Gasteiger partial charge >= 0.3 is 11.8 Å². The number of halogens is 5. The SMILES string of the molecule is Cc1cc2oc(=O)c(CC(=O)Nc3ccc(F)cc3C(F)(F)F)c(-c3cccc(CCC(O)O)c3)c2cc1Cl. The second kappa shape index (κ2) is 11.2. The molecule has 0 fully saturated rings. The zero-order chi connectivity index (χ0) is 28.5. The summed E-state index contributed by atoms with van der Waals surface area (Å²) in [5.41, 5.74) is -0.738. The van der Waals surface area contributed by atoms with Crippen molar-refractivity contribution in [2.75, 3.05) is 5.32 Å². The molecule has 1 aromatic heterocycles. The third-order valence-corrected chi connectivity index (χ3v) is 6.49. The van der Waals surface area contributed by atoms with Crippen LogP contribution in [0, 0.1) is 12.7 Å². The normalized spacial score (nSPS) is 11.8. The van der Waals surface area contributed by atoms with Crippen LogP contribution in [0.1, 0.15) is 28.7 Å². The Morgan fingerprint density at radius 1 is 1.10 bits per heavy atom. The highest BCUT2D eigenvalue weighted by Gasteiger charge is 2.34. The van der Waals surface area contributed by atoms with Crippen molar-refractivity contribution in [3.63, 3.8) is 0 Å². The number of benzene rings is 3. The van der Waals surface area contributed by atoms with Gasteiger partial charge in [-0.05, 0) is 60.4 Å². The molecule has 0 atom stereocenters. The molecule has 4 rings (SSSR count). The van der Waals surface area contributed by atoms with Crippen molar-refractivity contribution in [3.8, 4) is 11.1 Å². The van der Waals surface area contributed by atoms with Crippen LogP contribution < -0.4 is 10.9 Å². The number of hydrogen-bond acceptors (Lipinski definition) is 5. The van der Waals surface area contributed by atoms with E-state index < -0.39 is 47.5 Å². The lowest BCUT2D eigenvalue weighted by Crippen LogP contribution is -2.22. The van der Waals surface area contributed by atoms with Gasteiger partial charge in [-0.25, -0.2) is 9.18 Å². The smallest absolute Gasteiger partial charge is 0.418 e. The minimum absolute atomic E-state index is 0.0562. The highest BCUT2D eigenvalue weighted by atomic mass is 35.5. The molecule has 0 bridgehead atoms. The molecule has 0 radical (unpaired) electrons. The molecule has 11 heteroatoms. The number of aliphatic hydroxyl groups excluding tert-OH is 1. The lowest BCUT2D eigenvalue weighted by atomic mass is 9.93. The van der Waals surface area contributed by atoms with Gasteiger partial charge in [-0.2, -0.15) is 13.2 Å². The lowest BCUT2D eigenvalue weighted by molar-refractivity contribution is -0.137. The summed E-state index contributed by atoms with van der Waals surface area (Å²) in [6.45, 7) is 1.71. The van der Waals surface area contributed by atoms with Crippen LogP contribution in [0.3, 0.4) is 0 Å².